The molecule has 0 radical (unpaired) electrons. The Morgan fingerprint density at radius 1 is 1.23 bits per heavy atom. The minimum Gasteiger partial charge on any atom is -0.371 e. The molecule has 2 aliphatic rings. The van der Waals surface area contributed by atoms with Crippen LogP contribution in [0, 0.1) is 18.2 Å². The zero-order chi connectivity index (χ0) is 22.1. The fourth-order valence-corrected chi connectivity index (χ4v) is 4.33. The number of hydrogen-bond donors (Lipinski definition) is 3. The van der Waals surface area contributed by atoms with Crippen LogP contribution in [0.2, 0.25) is 0 Å². The van der Waals surface area contributed by atoms with E-state index in [9.17, 15) is 14.0 Å². The summed E-state index contributed by atoms with van der Waals surface area (Å²) in [6.07, 6.45) is 0.777. The van der Waals surface area contributed by atoms with E-state index in [1.54, 1.807) is 42.2 Å². The lowest BCUT2D eigenvalue weighted by atomic mass is 9.79. The summed E-state index contributed by atoms with van der Waals surface area (Å²) in [6.45, 7) is 4.79. The molecule has 0 aromatic heterocycles. The highest BCUT2D eigenvalue weighted by molar-refractivity contribution is 6.04. The van der Waals surface area contributed by atoms with E-state index in [1.165, 1.54) is 12.1 Å². The molecule has 0 aliphatic carbocycles. The standard InChI is InChI=1S/C24H25FN4O2/c1-14-5-3-6-17(13-14)23(30)28-21-20(16-7-9-18(25)10-8-16)19(15(2)26)22-27-11-4-12-29(22)24(21)31/h3,5-10,13,20-21,26-27H,4,11-12H2,1-2H3,(H,28,30)/t20-,21-/m0/s1. The van der Waals surface area contributed by atoms with Gasteiger partial charge in [0.25, 0.3) is 11.8 Å². The van der Waals surface area contributed by atoms with Gasteiger partial charge in [0.2, 0.25) is 0 Å². The van der Waals surface area contributed by atoms with Crippen LogP contribution in [0.3, 0.4) is 0 Å². The van der Waals surface area contributed by atoms with Crippen LogP contribution in [-0.4, -0.2) is 41.6 Å². The fraction of sp³-hybridized carbons (Fsp3) is 0.292. The highest BCUT2D eigenvalue weighted by atomic mass is 19.1. The molecule has 0 bridgehead atoms. The van der Waals surface area contributed by atoms with Crippen molar-refractivity contribution in [3.63, 3.8) is 0 Å². The van der Waals surface area contributed by atoms with Gasteiger partial charge in [-0.15, -0.1) is 0 Å². The van der Waals surface area contributed by atoms with Crippen molar-refractivity contribution in [3.8, 4) is 0 Å². The van der Waals surface area contributed by atoms with Crippen molar-refractivity contribution >= 4 is 17.5 Å². The molecular weight excluding hydrogens is 395 g/mol. The van der Waals surface area contributed by atoms with Crippen molar-refractivity contribution in [1.29, 1.82) is 5.41 Å². The molecule has 31 heavy (non-hydrogen) atoms. The third-order valence-corrected chi connectivity index (χ3v) is 5.75. The number of fused-ring (bicyclic) bond motifs is 1. The Morgan fingerprint density at radius 2 is 1.97 bits per heavy atom. The average molecular weight is 420 g/mol. The summed E-state index contributed by atoms with van der Waals surface area (Å²) >= 11 is 0. The van der Waals surface area contributed by atoms with Gasteiger partial charge in [-0.3, -0.25) is 14.5 Å². The highest BCUT2D eigenvalue weighted by Gasteiger charge is 2.45. The molecule has 0 spiro atoms. The maximum atomic E-state index is 13.6. The van der Waals surface area contributed by atoms with E-state index in [0.29, 0.717) is 41.3 Å². The molecule has 0 saturated carbocycles. The number of carbonyl (C=O) groups excluding carboxylic acids is 2. The predicted molar refractivity (Wildman–Crippen MR) is 116 cm³/mol. The summed E-state index contributed by atoms with van der Waals surface area (Å²) < 4.78 is 13.6. The first kappa shape index (κ1) is 20.8. The normalized spacial score (nSPS) is 20.7. The van der Waals surface area contributed by atoms with Gasteiger partial charge >= 0.3 is 0 Å². The molecule has 2 aliphatic heterocycles. The monoisotopic (exact) mass is 420 g/mol. The molecule has 3 N–H and O–H groups in total. The molecule has 1 saturated heterocycles. The maximum absolute atomic E-state index is 13.6. The number of carbonyl (C=O) groups is 2. The van der Waals surface area contributed by atoms with Gasteiger partial charge in [-0.1, -0.05) is 29.8 Å². The first-order chi connectivity index (χ1) is 14.9. The first-order valence-electron chi connectivity index (χ1n) is 10.3. The topological polar surface area (TPSA) is 85.3 Å². The largest absolute Gasteiger partial charge is 0.371 e. The van der Waals surface area contributed by atoms with Crippen LogP contribution in [0.25, 0.3) is 0 Å². The molecular formula is C24H25FN4O2. The zero-order valence-corrected chi connectivity index (χ0v) is 17.5. The van der Waals surface area contributed by atoms with Crippen molar-refractivity contribution < 1.29 is 14.0 Å². The number of nitrogens with one attached hydrogen (secondary N) is 3. The van der Waals surface area contributed by atoms with Gasteiger partial charge in [-0.2, -0.15) is 0 Å². The Bertz CT molecular complexity index is 1080. The minimum atomic E-state index is -0.905. The summed E-state index contributed by atoms with van der Waals surface area (Å²) in [7, 11) is 0. The molecule has 160 valence electrons. The number of halogens is 1. The lowest BCUT2D eigenvalue weighted by Crippen LogP contribution is -2.59. The number of amides is 2. The Labute approximate surface area is 180 Å². The summed E-state index contributed by atoms with van der Waals surface area (Å²) in [4.78, 5) is 28.2. The summed E-state index contributed by atoms with van der Waals surface area (Å²) in [6, 6.07) is 12.2. The number of hydrogen-bond acceptors (Lipinski definition) is 4. The van der Waals surface area contributed by atoms with Crippen molar-refractivity contribution in [1.82, 2.24) is 15.5 Å². The van der Waals surface area contributed by atoms with E-state index in [4.69, 9.17) is 5.41 Å². The summed E-state index contributed by atoms with van der Waals surface area (Å²) in [5.41, 5.74) is 3.01. The van der Waals surface area contributed by atoms with E-state index in [1.807, 2.05) is 13.0 Å². The summed E-state index contributed by atoms with van der Waals surface area (Å²) in [5.74, 6) is -0.966. The fourth-order valence-electron chi connectivity index (χ4n) is 4.33. The van der Waals surface area contributed by atoms with E-state index in [0.717, 1.165) is 12.0 Å². The van der Waals surface area contributed by atoms with Crippen LogP contribution in [-0.2, 0) is 4.79 Å². The number of aryl methyl sites for hydroxylation is 1. The van der Waals surface area contributed by atoms with Crippen LogP contribution in [0.1, 0.15) is 40.7 Å². The van der Waals surface area contributed by atoms with Gasteiger partial charge in [0.1, 0.15) is 17.7 Å². The van der Waals surface area contributed by atoms with Crippen LogP contribution < -0.4 is 10.6 Å². The van der Waals surface area contributed by atoms with Crippen molar-refractivity contribution in [2.45, 2.75) is 32.2 Å². The molecule has 6 nitrogen and oxygen atoms in total. The number of rotatable bonds is 4. The van der Waals surface area contributed by atoms with Crippen molar-refractivity contribution in [2.75, 3.05) is 13.1 Å². The van der Waals surface area contributed by atoms with Gasteiger partial charge in [0.05, 0.1) is 0 Å². The zero-order valence-electron chi connectivity index (χ0n) is 17.5. The van der Waals surface area contributed by atoms with Crippen LogP contribution in [0.4, 0.5) is 4.39 Å². The quantitative estimate of drug-likeness (QED) is 0.665. The minimum absolute atomic E-state index is 0.234. The van der Waals surface area contributed by atoms with Gasteiger partial charge < -0.3 is 16.0 Å². The average Bonchev–Trinajstić information content (AvgIpc) is 2.76. The second-order valence-electron chi connectivity index (χ2n) is 8.01. The molecule has 2 atom stereocenters. The van der Waals surface area contributed by atoms with Crippen molar-refractivity contribution in [3.05, 3.63) is 82.4 Å². The maximum Gasteiger partial charge on any atom is 0.251 e. The van der Waals surface area contributed by atoms with Gasteiger partial charge in [-0.25, -0.2) is 4.39 Å². The molecule has 2 heterocycles. The second-order valence-corrected chi connectivity index (χ2v) is 8.01. The Balaban J connectivity index is 1.81. The third kappa shape index (κ3) is 3.95. The van der Waals surface area contributed by atoms with Crippen LogP contribution in [0.5, 0.6) is 0 Å². The molecule has 2 amide bonds. The predicted octanol–water partition coefficient (Wildman–Crippen LogP) is 3.10. The Kier molecular flexibility index (Phi) is 5.59. The van der Waals surface area contributed by atoms with E-state index in [-0.39, 0.29) is 17.6 Å². The first-order valence-corrected chi connectivity index (χ1v) is 10.3. The number of benzene rings is 2. The Morgan fingerprint density at radius 3 is 2.65 bits per heavy atom. The van der Waals surface area contributed by atoms with E-state index >= 15 is 0 Å². The van der Waals surface area contributed by atoms with Gasteiger partial charge in [0, 0.05) is 35.9 Å². The van der Waals surface area contributed by atoms with Gasteiger partial charge in [0.15, 0.2) is 0 Å². The molecule has 7 heteroatoms. The molecule has 0 unspecified atom stereocenters. The van der Waals surface area contributed by atoms with E-state index < -0.39 is 12.0 Å². The molecule has 2 aromatic rings. The van der Waals surface area contributed by atoms with Gasteiger partial charge in [-0.05, 0) is 50.1 Å². The third-order valence-electron chi connectivity index (χ3n) is 5.75. The molecule has 2 aromatic carbocycles. The smallest absolute Gasteiger partial charge is 0.251 e. The van der Waals surface area contributed by atoms with Crippen molar-refractivity contribution in [2.24, 2.45) is 0 Å². The molecule has 1 fully saturated rings. The number of nitrogens with zero attached hydrogens (tertiary/aromatic N) is 1. The SMILES string of the molecule is CC(=N)C1=C2NCCCN2C(=O)[C@@H](NC(=O)c2cccc(C)c2)[C@H]1c1ccc(F)cc1. The Hall–Kier alpha value is -3.48. The lowest BCUT2D eigenvalue weighted by Gasteiger charge is -2.43. The highest BCUT2D eigenvalue weighted by Crippen LogP contribution is 2.37. The van der Waals surface area contributed by atoms with E-state index in [2.05, 4.69) is 10.6 Å². The van der Waals surface area contributed by atoms with Crippen LogP contribution in [0.15, 0.2) is 59.9 Å². The summed E-state index contributed by atoms with van der Waals surface area (Å²) in [5, 5.41) is 14.6. The molecule has 4 rings (SSSR count). The van der Waals surface area contributed by atoms with Crippen LogP contribution >= 0.6 is 0 Å². The second kappa shape index (κ2) is 8.34. The lowest BCUT2D eigenvalue weighted by molar-refractivity contribution is -0.133.